The van der Waals surface area contributed by atoms with Crippen LogP contribution in [0.3, 0.4) is 0 Å². The van der Waals surface area contributed by atoms with Crippen LogP contribution in [0.2, 0.25) is 0 Å². The average molecular weight is 310 g/mol. The highest BCUT2D eigenvalue weighted by molar-refractivity contribution is 7.19. The van der Waals surface area contributed by atoms with Crippen LogP contribution in [0.15, 0.2) is 0 Å². The van der Waals surface area contributed by atoms with E-state index in [9.17, 15) is 9.59 Å². The van der Waals surface area contributed by atoms with Gasteiger partial charge < -0.3 is 21.7 Å². The van der Waals surface area contributed by atoms with Crippen LogP contribution >= 0.6 is 11.3 Å². The number of nitrogens with one attached hydrogen (secondary N) is 3. The van der Waals surface area contributed by atoms with Gasteiger partial charge in [0.05, 0.1) is 11.3 Å². The zero-order valence-corrected chi connectivity index (χ0v) is 13.4. The fourth-order valence-electron chi connectivity index (χ4n) is 2.45. The number of nitrogens with two attached hydrogens (primary N) is 1. The fraction of sp³-hybridized carbons (Fsp3) is 0.571. The number of carbonyl (C=O) groups is 2. The van der Waals surface area contributed by atoms with Gasteiger partial charge in [-0.1, -0.05) is 13.3 Å². The van der Waals surface area contributed by atoms with Gasteiger partial charge in [-0.2, -0.15) is 0 Å². The fourth-order valence-corrected chi connectivity index (χ4v) is 3.51. The van der Waals surface area contributed by atoms with Gasteiger partial charge >= 0.3 is 0 Å². The first kappa shape index (κ1) is 15.6. The zero-order valence-electron chi connectivity index (χ0n) is 12.6. The smallest absolute Gasteiger partial charge is 0.263 e. The minimum absolute atomic E-state index is 0.236. The number of anilines is 2. The van der Waals surface area contributed by atoms with Crippen LogP contribution in [0.1, 0.15) is 46.2 Å². The summed E-state index contributed by atoms with van der Waals surface area (Å²) in [4.78, 5) is 24.2. The molecule has 1 aliphatic carbocycles. The van der Waals surface area contributed by atoms with E-state index in [1.807, 2.05) is 0 Å². The molecule has 1 aromatic rings. The van der Waals surface area contributed by atoms with E-state index in [0.29, 0.717) is 15.4 Å². The molecular formula is C14H22N4O2S. The van der Waals surface area contributed by atoms with Gasteiger partial charge in [-0.15, -0.1) is 11.3 Å². The Hall–Kier alpha value is -1.76. The maximum absolute atomic E-state index is 12.0. The van der Waals surface area contributed by atoms with Crippen molar-refractivity contribution in [1.82, 2.24) is 10.6 Å². The molecule has 7 heteroatoms. The van der Waals surface area contributed by atoms with Crippen molar-refractivity contribution in [3.05, 3.63) is 10.4 Å². The Morgan fingerprint density at radius 1 is 1.24 bits per heavy atom. The summed E-state index contributed by atoms with van der Waals surface area (Å²) in [5.74, 6) is -0.550. The predicted molar refractivity (Wildman–Crippen MR) is 86.0 cm³/mol. The maximum Gasteiger partial charge on any atom is 0.263 e. The largest absolute Gasteiger partial charge is 0.397 e. The van der Waals surface area contributed by atoms with Crippen molar-refractivity contribution in [2.75, 3.05) is 31.7 Å². The topological polar surface area (TPSA) is 96.2 Å². The number of amides is 2. The number of carbonyl (C=O) groups excluding carboxylic acids is 2. The molecule has 1 saturated carbocycles. The third-order valence-electron chi connectivity index (χ3n) is 4.07. The van der Waals surface area contributed by atoms with E-state index in [2.05, 4.69) is 22.9 Å². The van der Waals surface area contributed by atoms with Gasteiger partial charge in [-0.25, -0.2) is 0 Å². The Balaban J connectivity index is 2.29. The predicted octanol–water partition coefficient (Wildman–Crippen LogP) is 1.65. The first-order valence-electron chi connectivity index (χ1n) is 7.02. The Morgan fingerprint density at radius 3 is 2.33 bits per heavy atom. The molecule has 1 heterocycles. The van der Waals surface area contributed by atoms with Gasteiger partial charge in [-0.3, -0.25) is 9.59 Å². The van der Waals surface area contributed by atoms with E-state index in [4.69, 9.17) is 5.73 Å². The highest BCUT2D eigenvalue weighted by Crippen LogP contribution is 2.42. The molecule has 0 spiro atoms. The number of nitrogen functional groups attached to an aromatic ring is 1. The second-order valence-corrected chi connectivity index (χ2v) is 6.75. The van der Waals surface area contributed by atoms with Crippen molar-refractivity contribution in [1.29, 1.82) is 0 Å². The van der Waals surface area contributed by atoms with Crippen LogP contribution in [-0.4, -0.2) is 32.5 Å². The third kappa shape index (κ3) is 2.97. The van der Waals surface area contributed by atoms with E-state index in [1.54, 1.807) is 14.1 Å². The van der Waals surface area contributed by atoms with Crippen LogP contribution in [-0.2, 0) is 0 Å². The molecule has 5 N–H and O–H groups in total. The van der Waals surface area contributed by atoms with Crippen molar-refractivity contribution in [3.63, 3.8) is 0 Å². The standard InChI is InChI=1S/C14H22N4O2S/c1-14(5-4-6-14)7-18-13-8(11(19)16-2)9(15)10(21-13)12(20)17-3/h18H,4-7,15H2,1-3H3,(H,16,19)(H,17,20). The summed E-state index contributed by atoms with van der Waals surface area (Å²) in [5, 5.41) is 9.09. The Kier molecular flexibility index (Phi) is 4.41. The molecule has 0 radical (unpaired) electrons. The first-order chi connectivity index (χ1) is 9.91. The molecule has 0 aromatic carbocycles. The quantitative estimate of drug-likeness (QED) is 0.665. The zero-order chi connectivity index (χ0) is 15.6. The normalized spacial score (nSPS) is 16.0. The van der Waals surface area contributed by atoms with Crippen LogP contribution in [0.4, 0.5) is 10.7 Å². The SMILES string of the molecule is CNC(=O)c1sc(NCC2(C)CCC2)c(C(=O)NC)c1N. The van der Waals surface area contributed by atoms with Crippen LogP contribution in [0.25, 0.3) is 0 Å². The summed E-state index contributed by atoms with van der Waals surface area (Å²) in [6.07, 6.45) is 3.60. The van der Waals surface area contributed by atoms with Crippen molar-refractivity contribution < 1.29 is 9.59 Å². The number of rotatable bonds is 5. The van der Waals surface area contributed by atoms with Crippen molar-refractivity contribution in [3.8, 4) is 0 Å². The van der Waals surface area contributed by atoms with Crippen LogP contribution < -0.4 is 21.7 Å². The Bertz CT molecular complexity index is 564. The average Bonchev–Trinajstić information content (AvgIpc) is 2.78. The third-order valence-corrected chi connectivity index (χ3v) is 5.23. The van der Waals surface area contributed by atoms with Crippen molar-refractivity contribution in [2.45, 2.75) is 26.2 Å². The Morgan fingerprint density at radius 2 is 1.86 bits per heavy atom. The molecular weight excluding hydrogens is 288 g/mol. The maximum atomic E-state index is 12.0. The van der Waals surface area contributed by atoms with E-state index in [0.717, 1.165) is 6.54 Å². The van der Waals surface area contributed by atoms with Gasteiger partial charge in [-0.05, 0) is 18.3 Å². The number of hydrogen-bond acceptors (Lipinski definition) is 5. The second-order valence-electron chi connectivity index (χ2n) is 5.73. The summed E-state index contributed by atoms with van der Waals surface area (Å²) in [6.45, 7) is 3.00. The van der Waals surface area contributed by atoms with E-state index < -0.39 is 0 Å². The molecule has 2 rings (SSSR count). The van der Waals surface area contributed by atoms with Gasteiger partial charge in [0.1, 0.15) is 9.88 Å². The Labute approximate surface area is 128 Å². The molecule has 0 atom stereocenters. The number of hydrogen-bond donors (Lipinski definition) is 4. The van der Waals surface area contributed by atoms with E-state index >= 15 is 0 Å². The highest BCUT2D eigenvalue weighted by Gasteiger charge is 2.32. The molecule has 1 aromatic heterocycles. The van der Waals surface area contributed by atoms with Gasteiger partial charge in [0, 0.05) is 20.6 Å². The minimum Gasteiger partial charge on any atom is -0.397 e. The molecule has 1 aliphatic rings. The summed E-state index contributed by atoms with van der Waals surface area (Å²) >= 11 is 1.23. The lowest BCUT2D eigenvalue weighted by atomic mass is 9.70. The molecule has 0 bridgehead atoms. The van der Waals surface area contributed by atoms with Gasteiger partial charge in [0.2, 0.25) is 0 Å². The first-order valence-corrected chi connectivity index (χ1v) is 7.84. The summed E-state index contributed by atoms with van der Waals surface area (Å²) in [5.41, 5.74) is 6.86. The van der Waals surface area contributed by atoms with Gasteiger partial charge in [0.15, 0.2) is 0 Å². The highest BCUT2D eigenvalue weighted by atomic mass is 32.1. The molecule has 0 aliphatic heterocycles. The monoisotopic (exact) mass is 310 g/mol. The molecule has 21 heavy (non-hydrogen) atoms. The lowest BCUT2D eigenvalue weighted by molar-refractivity contribution is 0.0963. The van der Waals surface area contributed by atoms with Crippen LogP contribution in [0, 0.1) is 5.41 Å². The molecule has 6 nitrogen and oxygen atoms in total. The summed E-state index contributed by atoms with van der Waals surface area (Å²) in [7, 11) is 3.10. The van der Waals surface area contributed by atoms with Crippen LogP contribution in [0.5, 0.6) is 0 Å². The minimum atomic E-state index is -0.278. The lowest BCUT2D eigenvalue weighted by Crippen LogP contribution is -2.33. The van der Waals surface area contributed by atoms with Crippen molar-refractivity contribution >= 4 is 33.8 Å². The molecule has 116 valence electrons. The molecule has 2 amide bonds. The summed E-state index contributed by atoms with van der Waals surface area (Å²) < 4.78 is 0. The van der Waals surface area contributed by atoms with E-state index in [1.165, 1.54) is 30.6 Å². The molecule has 1 fully saturated rings. The number of thiophene rings is 1. The summed E-state index contributed by atoms with van der Waals surface area (Å²) in [6, 6.07) is 0. The van der Waals surface area contributed by atoms with Crippen molar-refractivity contribution in [2.24, 2.45) is 5.41 Å². The van der Waals surface area contributed by atoms with Gasteiger partial charge in [0.25, 0.3) is 11.8 Å². The van der Waals surface area contributed by atoms with E-state index in [-0.39, 0.29) is 22.9 Å². The second kappa shape index (κ2) is 5.93. The lowest BCUT2D eigenvalue weighted by Gasteiger charge is -2.38. The molecule has 0 saturated heterocycles. The molecule has 0 unspecified atom stereocenters.